The minimum absolute atomic E-state index is 0.0690. The lowest BCUT2D eigenvalue weighted by molar-refractivity contribution is 0.102. The predicted molar refractivity (Wildman–Crippen MR) is 125 cm³/mol. The van der Waals surface area contributed by atoms with Gasteiger partial charge in [-0.05, 0) is 56.5 Å². The number of H-pyrrole nitrogens is 1. The summed E-state index contributed by atoms with van der Waals surface area (Å²) < 4.78 is 16.3. The summed E-state index contributed by atoms with van der Waals surface area (Å²) in [4.78, 5) is 45.7. The number of nitrogens with zero attached hydrogens (tertiary/aromatic N) is 4. The molecule has 1 aliphatic rings. The number of anilines is 1. The fraction of sp³-hybridized carbons (Fsp3) is 0.292. The first kappa shape index (κ1) is 21.7. The second-order valence-corrected chi connectivity index (χ2v) is 8.49. The molecule has 0 saturated heterocycles. The van der Waals surface area contributed by atoms with Gasteiger partial charge in [-0.3, -0.25) is 19.1 Å². The lowest BCUT2D eigenvalue weighted by Gasteiger charge is -2.14. The van der Waals surface area contributed by atoms with Crippen molar-refractivity contribution in [2.75, 3.05) is 5.32 Å². The van der Waals surface area contributed by atoms with Crippen molar-refractivity contribution in [1.29, 1.82) is 0 Å². The van der Waals surface area contributed by atoms with Gasteiger partial charge in [0.2, 0.25) is 0 Å². The average Bonchev–Trinajstić information content (AvgIpc) is 3.59. The van der Waals surface area contributed by atoms with Gasteiger partial charge in [-0.2, -0.15) is 5.10 Å². The van der Waals surface area contributed by atoms with Crippen molar-refractivity contribution < 1.29 is 9.18 Å². The summed E-state index contributed by atoms with van der Waals surface area (Å²) in [7, 11) is 0. The summed E-state index contributed by atoms with van der Waals surface area (Å²) in [5, 5.41) is 7.30. The third kappa shape index (κ3) is 3.91. The minimum Gasteiger partial charge on any atom is -0.306 e. The molecule has 1 aromatic carbocycles. The summed E-state index contributed by atoms with van der Waals surface area (Å²) in [6.45, 7) is 4.06. The molecule has 1 saturated carbocycles. The van der Waals surface area contributed by atoms with Crippen LogP contribution in [0.4, 0.5) is 10.2 Å². The van der Waals surface area contributed by atoms with E-state index in [9.17, 15) is 18.8 Å². The highest BCUT2D eigenvalue weighted by Gasteiger charge is 2.29. The van der Waals surface area contributed by atoms with Gasteiger partial charge in [0.05, 0.1) is 22.3 Å². The fourth-order valence-corrected chi connectivity index (χ4v) is 4.04. The standard InChI is InChI=1S/C24H23FN6O3/c1-3-10-30-21-20(23(33)28-24(30)34)17(12-18(26-21)14-4-5-14)22(32)27-19-11-13(2)29-31(19)16-8-6-15(25)7-9-16/h6-9,11-12,14H,3-5,10H2,1-2H3,(H,27,32)(H,28,33,34). The zero-order valence-electron chi connectivity index (χ0n) is 18.8. The summed E-state index contributed by atoms with van der Waals surface area (Å²) in [6.07, 6.45) is 2.54. The van der Waals surface area contributed by atoms with Crippen LogP contribution in [0.15, 0.2) is 46.0 Å². The maximum atomic E-state index is 13.5. The van der Waals surface area contributed by atoms with Crippen LogP contribution in [0.25, 0.3) is 16.7 Å². The quantitative estimate of drug-likeness (QED) is 0.457. The molecule has 1 aliphatic carbocycles. The van der Waals surface area contributed by atoms with E-state index in [1.54, 1.807) is 31.2 Å². The third-order valence-corrected chi connectivity index (χ3v) is 5.80. The molecule has 9 nitrogen and oxygen atoms in total. The van der Waals surface area contributed by atoms with Gasteiger partial charge in [0.1, 0.15) is 11.6 Å². The maximum absolute atomic E-state index is 13.5. The van der Waals surface area contributed by atoms with Crippen LogP contribution in [0.1, 0.15) is 53.8 Å². The van der Waals surface area contributed by atoms with E-state index in [4.69, 9.17) is 0 Å². The summed E-state index contributed by atoms with van der Waals surface area (Å²) >= 11 is 0. The number of nitrogens with one attached hydrogen (secondary N) is 2. The number of carbonyl (C=O) groups is 1. The smallest absolute Gasteiger partial charge is 0.306 e. The van der Waals surface area contributed by atoms with Crippen molar-refractivity contribution in [1.82, 2.24) is 24.3 Å². The van der Waals surface area contributed by atoms with Gasteiger partial charge < -0.3 is 5.32 Å². The average molecular weight is 462 g/mol. The van der Waals surface area contributed by atoms with Gasteiger partial charge in [-0.15, -0.1) is 0 Å². The van der Waals surface area contributed by atoms with Crippen LogP contribution in [0.3, 0.4) is 0 Å². The molecule has 0 spiro atoms. The van der Waals surface area contributed by atoms with Crippen molar-refractivity contribution in [3.05, 3.63) is 80.0 Å². The van der Waals surface area contributed by atoms with Gasteiger partial charge in [-0.25, -0.2) is 18.9 Å². The minimum atomic E-state index is -0.657. The lowest BCUT2D eigenvalue weighted by atomic mass is 10.1. The highest BCUT2D eigenvalue weighted by molar-refractivity contribution is 6.11. The van der Waals surface area contributed by atoms with Crippen LogP contribution >= 0.6 is 0 Å². The van der Waals surface area contributed by atoms with Gasteiger partial charge in [0.15, 0.2) is 5.65 Å². The van der Waals surface area contributed by atoms with Crippen molar-refractivity contribution >= 4 is 22.8 Å². The normalized spacial score (nSPS) is 13.4. The molecule has 0 aliphatic heterocycles. The van der Waals surface area contributed by atoms with Crippen molar-refractivity contribution in [3.63, 3.8) is 0 Å². The summed E-state index contributed by atoms with van der Waals surface area (Å²) in [6, 6.07) is 9.04. The van der Waals surface area contributed by atoms with E-state index in [-0.39, 0.29) is 28.3 Å². The Morgan fingerprint density at radius 3 is 2.62 bits per heavy atom. The Kier molecular flexibility index (Phi) is 5.35. The van der Waals surface area contributed by atoms with Crippen LogP contribution in [0, 0.1) is 12.7 Å². The van der Waals surface area contributed by atoms with Crippen LogP contribution < -0.4 is 16.6 Å². The number of aromatic nitrogens is 5. The zero-order valence-corrected chi connectivity index (χ0v) is 18.8. The second-order valence-electron chi connectivity index (χ2n) is 8.49. The fourth-order valence-electron chi connectivity index (χ4n) is 4.04. The molecule has 0 bridgehead atoms. The number of aryl methyl sites for hydroxylation is 2. The molecule has 1 amide bonds. The highest BCUT2D eigenvalue weighted by Crippen LogP contribution is 2.40. The molecule has 10 heteroatoms. The number of hydrogen-bond donors (Lipinski definition) is 2. The molecule has 3 aromatic heterocycles. The van der Waals surface area contributed by atoms with E-state index in [1.165, 1.54) is 21.4 Å². The molecular formula is C24H23FN6O3. The first-order valence-corrected chi connectivity index (χ1v) is 11.2. The van der Waals surface area contributed by atoms with Crippen LogP contribution in [0.2, 0.25) is 0 Å². The van der Waals surface area contributed by atoms with E-state index >= 15 is 0 Å². The number of carbonyl (C=O) groups excluding carboxylic acids is 1. The Morgan fingerprint density at radius 1 is 1.21 bits per heavy atom. The molecule has 4 aromatic rings. The SMILES string of the molecule is CCCn1c(=O)[nH]c(=O)c2c(C(=O)Nc3cc(C)nn3-c3ccc(F)cc3)cc(C3CC3)nc21. The highest BCUT2D eigenvalue weighted by atomic mass is 19.1. The van der Waals surface area contributed by atoms with E-state index < -0.39 is 17.2 Å². The molecule has 34 heavy (non-hydrogen) atoms. The number of aromatic amines is 1. The van der Waals surface area contributed by atoms with E-state index in [1.807, 2.05) is 6.92 Å². The molecular weight excluding hydrogens is 439 g/mol. The number of amides is 1. The number of pyridine rings is 1. The summed E-state index contributed by atoms with van der Waals surface area (Å²) in [5.74, 6) is -0.339. The maximum Gasteiger partial charge on any atom is 0.329 e. The number of fused-ring (bicyclic) bond motifs is 1. The van der Waals surface area contributed by atoms with Crippen molar-refractivity contribution in [2.24, 2.45) is 0 Å². The molecule has 5 rings (SSSR count). The largest absolute Gasteiger partial charge is 0.329 e. The molecule has 1 fully saturated rings. The van der Waals surface area contributed by atoms with E-state index in [2.05, 4.69) is 20.4 Å². The Hall–Kier alpha value is -4.08. The third-order valence-electron chi connectivity index (χ3n) is 5.80. The molecule has 0 unspecified atom stereocenters. The Bertz CT molecular complexity index is 1530. The van der Waals surface area contributed by atoms with Crippen molar-refractivity contribution in [3.8, 4) is 5.69 Å². The van der Waals surface area contributed by atoms with E-state index in [0.717, 1.165) is 12.8 Å². The van der Waals surface area contributed by atoms with Crippen LogP contribution in [-0.2, 0) is 6.54 Å². The molecule has 0 radical (unpaired) electrons. The second kappa shape index (κ2) is 8.36. The van der Waals surface area contributed by atoms with Gasteiger partial charge >= 0.3 is 5.69 Å². The molecule has 2 N–H and O–H groups in total. The number of hydrogen-bond acceptors (Lipinski definition) is 5. The Labute approximate surface area is 193 Å². The van der Waals surface area contributed by atoms with Crippen LogP contribution in [0.5, 0.6) is 0 Å². The van der Waals surface area contributed by atoms with Gasteiger partial charge in [0.25, 0.3) is 11.5 Å². The Balaban J connectivity index is 1.63. The summed E-state index contributed by atoms with van der Waals surface area (Å²) in [5.41, 5.74) is 1.06. The van der Waals surface area contributed by atoms with Gasteiger partial charge in [-0.1, -0.05) is 6.92 Å². The van der Waals surface area contributed by atoms with Crippen LogP contribution in [-0.4, -0.2) is 30.2 Å². The van der Waals surface area contributed by atoms with Gasteiger partial charge in [0, 0.05) is 24.2 Å². The molecule has 3 heterocycles. The topological polar surface area (TPSA) is 115 Å². The Morgan fingerprint density at radius 2 is 1.94 bits per heavy atom. The van der Waals surface area contributed by atoms with Crippen molar-refractivity contribution in [2.45, 2.75) is 45.6 Å². The predicted octanol–water partition coefficient (Wildman–Crippen LogP) is 3.26. The first-order chi connectivity index (χ1) is 16.4. The monoisotopic (exact) mass is 462 g/mol. The molecule has 174 valence electrons. The number of rotatable bonds is 6. The number of halogens is 1. The van der Waals surface area contributed by atoms with E-state index in [0.29, 0.717) is 35.9 Å². The zero-order chi connectivity index (χ0) is 24.0. The number of benzene rings is 1. The first-order valence-electron chi connectivity index (χ1n) is 11.2. The lowest BCUT2D eigenvalue weighted by Crippen LogP contribution is -2.32. The molecule has 0 atom stereocenters.